The van der Waals surface area contributed by atoms with Crippen LogP contribution in [0.3, 0.4) is 0 Å². The molecule has 0 aliphatic heterocycles. The molecule has 0 amide bonds. The van der Waals surface area contributed by atoms with Crippen LogP contribution in [0.4, 0.5) is 0 Å². The Balaban J connectivity index is 2.59. The summed E-state index contributed by atoms with van der Waals surface area (Å²) in [6, 6.07) is 13.6. The van der Waals surface area contributed by atoms with Gasteiger partial charge in [-0.2, -0.15) is 0 Å². The SMILES string of the molecule is CC(C)c1ccc2ccc(C(C)(C)C)cc2c1. The number of hydrogen-bond acceptors (Lipinski definition) is 0. The zero-order valence-corrected chi connectivity index (χ0v) is 11.5. The molecular formula is C17H22. The fourth-order valence-electron chi connectivity index (χ4n) is 2.09. The first-order chi connectivity index (χ1) is 7.88. The molecule has 0 bridgehead atoms. The van der Waals surface area contributed by atoms with Gasteiger partial charge in [-0.3, -0.25) is 0 Å². The van der Waals surface area contributed by atoms with Gasteiger partial charge < -0.3 is 0 Å². The standard InChI is InChI=1S/C17H22/c1-12(2)14-7-6-13-8-9-16(17(3,4)5)11-15(13)10-14/h6-12H,1-5H3. The lowest BCUT2D eigenvalue weighted by atomic mass is 9.85. The van der Waals surface area contributed by atoms with E-state index in [-0.39, 0.29) is 5.41 Å². The van der Waals surface area contributed by atoms with E-state index < -0.39 is 0 Å². The van der Waals surface area contributed by atoms with Crippen LogP contribution in [0.1, 0.15) is 51.7 Å². The van der Waals surface area contributed by atoms with E-state index in [1.807, 2.05) is 0 Å². The van der Waals surface area contributed by atoms with Crippen LogP contribution < -0.4 is 0 Å². The summed E-state index contributed by atoms with van der Waals surface area (Å²) in [5.41, 5.74) is 3.05. The largest absolute Gasteiger partial charge is 0.0587 e. The van der Waals surface area contributed by atoms with Gasteiger partial charge in [-0.1, -0.05) is 71.0 Å². The molecule has 0 atom stereocenters. The van der Waals surface area contributed by atoms with Crippen LogP contribution in [0.25, 0.3) is 10.8 Å². The lowest BCUT2D eigenvalue weighted by molar-refractivity contribution is 0.591. The van der Waals surface area contributed by atoms with Crippen molar-refractivity contribution in [3.05, 3.63) is 47.5 Å². The zero-order chi connectivity index (χ0) is 12.6. The second-order valence-corrected chi connectivity index (χ2v) is 6.23. The topological polar surface area (TPSA) is 0 Å². The highest BCUT2D eigenvalue weighted by Gasteiger charge is 2.13. The lowest BCUT2D eigenvalue weighted by Gasteiger charge is -2.19. The lowest BCUT2D eigenvalue weighted by Crippen LogP contribution is -2.10. The van der Waals surface area contributed by atoms with Crippen molar-refractivity contribution < 1.29 is 0 Å². The number of rotatable bonds is 1. The predicted molar refractivity (Wildman–Crippen MR) is 76.7 cm³/mol. The minimum Gasteiger partial charge on any atom is -0.0587 e. The van der Waals surface area contributed by atoms with Crippen molar-refractivity contribution in [2.45, 2.75) is 46.0 Å². The summed E-state index contributed by atoms with van der Waals surface area (Å²) in [5.74, 6) is 0.595. The van der Waals surface area contributed by atoms with Crippen LogP contribution in [0.15, 0.2) is 36.4 Å². The summed E-state index contributed by atoms with van der Waals surface area (Å²) in [6.45, 7) is 11.3. The molecule has 0 heterocycles. The second kappa shape index (κ2) is 4.18. The summed E-state index contributed by atoms with van der Waals surface area (Å²) < 4.78 is 0. The first-order valence-corrected chi connectivity index (χ1v) is 6.42. The Bertz CT molecular complexity index is 527. The van der Waals surface area contributed by atoms with Gasteiger partial charge in [0.1, 0.15) is 0 Å². The highest BCUT2D eigenvalue weighted by atomic mass is 14.2. The van der Waals surface area contributed by atoms with Gasteiger partial charge >= 0.3 is 0 Å². The summed E-state index contributed by atoms with van der Waals surface area (Å²) >= 11 is 0. The van der Waals surface area contributed by atoms with Crippen molar-refractivity contribution in [3.63, 3.8) is 0 Å². The molecule has 0 aliphatic carbocycles. The molecular weight excluding hydrogens is 204 g/mol. The third-order valence-corrected chi connectivity index (χ3v) is 3.40. The molecule has 0 fully saturated rings. The maximum Gasteiger partial charge on any atom is -0.0132 e. The minimum atomic E-state index is 0.224. The Hall–Kier alpha value is -1.30. The fourth-order valence-corrected chi connectivity index (χ4v) is 2.09. The number of fused-ring (bicyclic) bond motifs is 1. The van der Waals surface area contributed by atoms with Crippen LogP contribution in [-0.2, 0) is 5.41 Å². The van der Waals surface area contributed by atoms with Gasteiger partial charge in [0.2, 0.25) is 0 Å². The van der Waals surface area contributed by atoms with E-state index in [1.54, 1.807) is 0 Å². The quantitative estimate of drug-likeness (QED) is 0.622. The van der Waals surface area contributed by atoms with Crippen molar-refractivity contribution in [1.82, 2.24) is 0 Å². The molecule has 0 saturated heterocycles. The Kier molecular flexibility index (Phi) is 2.99. The number of hydrogen-bond donors (Lipinski definition) is 0. The maximum absolute atomic E-state index is 2.33. The molecule has 2 rings (SSSR count). The van der Waals surface area contributed by atoms with E-state index in [9.17, 15) is 0 Å². The summed E-state index contributed by atoms with van der Waals surface area (Å²) in [6.07, 6.45) is 0. The third-order valence-electron chi connectivity index (χ3n) is 3.40. The van der Waals surface area contributed by atoms with E-state index >= 15 is 0 Å². The van der Waals surface area contributed by atoms with Crippen molar-refractivity contribution in [3.8, 4) is 0 Å². The Morgan fingerprint density at radius 2 is 1.47 bits per heavy atom. The zero-order valence-electron chi connectivity index (χ0n) is 11.5. The van der Waals surface area contributed by atoms with Gasteiger partial charge in [-0.15, -0.1) is 0 Å². The van der Waals surface area contributed by atoms with E-state index in [2.05, 4.69) is 71.0 Å². The van der Waals surface area contributed by atoms with Crippen LogP contribution in [0, 0.1) is 0 Å². The van der Waals surface area contributed by atoms with Crippen molar-refractivity contribution in [1.29, 1.82) is 0 Å². The van der Waals surface area contributed by atoms with Gasteiger partial charge in [0.25, 0.3) is 0 Å². The predicted octanol–water partition coefficient (Wildman–Crippen LogP) is 5.26. The van der Waals surface area contributed by atoms with Crippen LogP contribution in [0.2, 0.25) is 0 Å². The Morgan fingerprint density at radius 1 is 0.824 bits per heavy atom. The van der Waals surface area contributed by atoms with Crippen LogP contribution in [-0.4, -0.2) is 0 Å². The van der Waals surface area contributed by atoms with E-state index in [1.165, 1.54) is 21.9 Å². The van der Waals surface area contributed by atoms with Crippen molar-refractivity contribution >= 4 is 10.8 Å². The van der Waals surface area contributed by atoms with E-state index in [0.29, 0.717) is 5.92 Å². The summed E-state index contributed by atoms with van der Waals surface area (Å²) in [4.78, 5) is 0. The summed E-state index contributed by atoms with van der Waals surface area (Å²) in [5, 5.41) is 2.70. The molecule has 0 radical (unpaired) electrons. The second-order valence-electron chi connectivity index (χ2n) is 6.23. The van der Waals surface area contributed by atoms with Gasteiger partial charge in [-0.05, 0) is 33.2 Å². The molecule has 2 aromatic carbocycles. The van der Waals surface area contributed by atoms with Gasteiger partial charge in [-0.25, -0.2) is 0 Å². The first-order valence-electron chi connectivity index (χ1n) is 6.42. The smallest absolute Gasteiger partial charge is 0.0132 e. The molecule has 90 valence electrons. The molecule has 17 heavy (non-hydrogen) atoms. The average Bonchev–Trinajstić information content (AvgIpc) is 2.26. The molecule has 0 saturated carbocycles. The first kappa shape index (κ1) is 12.2. The summed E-state index contributed by atoms with van der Waals surface area (Å²) in [7, 11) is 0. The molecule has 0 nitrogen and oxygen atoms in total. The molecule has 0 aromatic heterocycles. The van der Waals surface area contributed by atoms with E-state index in [4.69, 9.17) is 0 Å². The fraction of sp³-hybridized carbons (Fsp3) is 0.412. The van der Waals surface area contributed by atoms with Gasteiger partial charge in [0.15, 0.2) is 0 Å². The molecule has 0 N–H and O–H groups in total. The number of benzene rings is 2. The highest BCUT2D eigenvalue weighted by Crippen LogP contribution is 2.28. The molecule has 0 aliphatic rings. The van der Waals surface area contributed by atoms with Crippen molar-refractivity contribution in [2.75, 3.05) is 0 Å². The van der Waals surface area contributed by atoms with E-state index in [0.717, 1.165) is 0 Å². The highest BCUT2D eigenvalue weighted by molar-refractivity contribution is 5.84. The van der Waals surface area contributed by atoms with Gasteiger partial charge in [0.05, 0.1) is 0 Å². The van der Waals surface area contributed by atoms with Crippen LogP contribution in [0.5, 0.6) is 0 Å². The molecule has 0 spiro atoms. The van der Waals surface area contributed by atoms with Crippen molar-refractivity contribution in [2.24, 2.45) is 0 Å². The maximum atomic E-state index is 2.33. The van der Waals surface area contributed by atoms with Gasteiger partial charge in [0, 0.05) is 0 Å². The average molecular weight is 226 g/mol. The third kappa shape index (κ3) is 2.52. The monoisotopic (exact) mass is 226 g/mol. The Labute approximate surface area is 105 Å². The minimum absolute atomic E-state index is 0.224. The Morgan fingerprint density at radius 3 is 2.06 bits per heavy atom. The normalized spacial score (nSPS) is 12.4. The molecule has 0 unspecified atom stereocenters. The van der Waals surface area contributed by atoms with Crippen LogP contribution >= 0.6 is 0 Å². The molecule has 0 heteroatoms. The molecule has 2 aromatic rings.